The highest BCUT2D eigenvalue weighted by Gasteiger charge is 2.23. The first kappa shape index (κ1) is 13.0. The Morgan fingerprint density at radius 3 is 2.94 bits per heavy atom. The summed E-state index contributed by atoms with van der Waals surface area (Å²) in [5.41, 5.74) is 0.927. The second kappa shape index (κ2) is 5.93. The van der Waals surface area contributed by atoms with Gasteiger partial charge in [0.25, 0.3) is 5.69 Å². The maximum atomic E-state index is 10.9. The maximum Gasteiger partial charge on any atom is 0.272 e. The molecular formula is C13H18N2O3. The van der Waals surface area contributed by atoms with Crippen LogP contribution in [0.4, 0.5) is 5.69 Å². The molecule has 1 aliphatic rings. The molecule has 0 amide bonds. The molecule has 2 unspecified atom stereocenters. The maximum absolute atomic E-state index is 10.9. The number of para-hydroxylation sites is 1. The zero-order valence-electron chi connectivity index (χ0n) is 10.2. The number of nitrogens with zero attached hydrogens (tertiary/aromatic N) is 1. The second-order valence-electron chi connectivity index (χ2n) is 4.74. The minimum absolute atomic E-state index is 0.177. The van der Waals surface area contributed by atoms with E-state index in [2.05, 4.69) is 5.32 Å². The Balaban J connectivity index is 1.99. The summed E-state index contributed by atoms with van der Waals surface area (Å²) in [4.78, 5) is 10.5. The van der Waals surface area contributed by atoms with E-state index >= 15 is 0 Å². The van der Waals surface area contributed by atoms with Gasteiger partial charge in [-0.2, -0.15) is 0 Å². The number of aliphatic hydroxyl groups excluding tert-OH is 1. The van der Waals surface area contributed by atoms with Crippen LogP contribution in [-0.2, 0) is 6.42 Å². The number of piperidine rings is 1. The minimum atomic E-state index is -0.342. The fourth-order valence-electron chi connectivity index (χ4n) is 2.44. The molecule has 2 N–H and O–H groups in total. The molecule has 2 rings (SSSR count). The summed E-state index contributed by atoms with van der Waals surface area (Å²) in [5.74, 6) is 0.193. The molecule has 0 aromatic heterocycles. The van der Waals surface area contributed by atoms with Gasteiger partial charge in [0.2, 0.25) is 0 Å². The lowest BCUT2D eigenvalue weighted by atomic mass is 9.90. The van der Waals surface area contributed by atoms with E-state index in [0.717, 1.165) is 31.5 Å². The lowest BCUT2D eigenvalue weighted by molar-refractivity contribution is -0.385. The summed E-state index contributed by atoms with van der Waals surface area (Å²) in [6.45, 7) is 1.64. The number of nitro benzene ring substituents is 1. The molecule has 0 aliphatic carbocycles. The number of hydrogen-bond acceptors (Lipinski definition) is 4. The number of aryl methyl sites for hydroxylation is 1. The number of aliphatic hydroxyl groups is 1. The van der Waals surface area contributed by atoms with Crippen molar-refractivity contribution in [2.24, 2.45) is 5.92 Å². The monoisotopic (exact) mass is 250 g/mol. The number of nitrogens with one attached hydrogen (secondary N) is 1. The van der Waals surface area contributed by atoms with Crippen molar-refractivity contribution in [1.29, 1.82) is 0 Å². The van der Waals surface area contributed by atoms with Crippen molar-refractivity contribution in [3.63, 3.8) is 0 Å². The quantitative estimate of drug-likeness (QED) is 0.627. The molecule has 1 aliphatic heterocycles. The molecule has 1 fully saturated rings. The average molecular weight is 250 g/mol. The zero-order valence-corrected chi connectivity index (χ0v) is 10.2. The Kier molecular flexibility index (Phi) is 4.28. The van der Waals surface area contributed by atoms with Crippen LogP contribution in [0.2, 0.25) is 0 Å². The van der Waals surface area contributed by atoms with E-state index in [0.29, 0.717) is 6.42 Å². The molecule has 1 heterocycles. The highest BCUT2D eigenvalue weighted by Crippen LogP contribution is 2.23. The summed E-state index contributed by atoms with van der Waals surface area (Å²) in [6, 6.07) is 6.82. The van der Waals surface area contributed by atoms with Crippen LogP contribution in [-0.4, -0.2) is 29.2 Å². The Labute approximate surface area is 106 Å². The van der Waals surface area contributed by atoms with Gasteiger partial charge in [-0.1, -0.05) is 18.2 Å². The van der Waals surface area contributed by atoms with Gasteiger partial charge in [0.1, 0.15) is 0 Å². The van der Waals surface area contributed by atoms with Crippen LogP contribution in [0.1, 0.15) is 18.4 Å². The molecular weight excluding hydrogens is 232 g/mol. The molecule has 2 atom stereocenters. The van der Waals surface area contributed by atoms with Crippen LogP contribution < -0.4 is 5.32 Å². The van der Waals surface area contributed by atoms with E-state index in [4.69, 9.17) is 0 Å². The minimum Gasteiger partial charge on any atom is -0.393 e. The molecule has 0 bridgehead atoms. The number of nitro groups is 1. The molecule has 1 aromatic carbocycles. The van der Waals surface area contributed by atoms with Crippen molar-refractivity contribution < 1.29 is 10.0 Å². The SMILES string of the molecule is O=[N+]([O-])c1ccccc1CCC1CNCCC1O. The number of hydrogen-bond donors (Lipinski definition) is 2. The van der Waals surface area contributed by atoms with Crippen molar-refractivity contribution in [3.8, 4) is 0 Å². The van der Waals surface area contributed by atoms with Gasteiger partial charge < -0.3 is 10.4 Å². The standard InChI is InChI=1S/C13H18N2O3/c16-13-7-8-14-9-11(13)6-5-10-3-1-2-4-12(10)15(17)18/h1-4,11,13-14,16H,5-9H2. The van der Waals surface area contributed by atoms with Crippen molar-refractivity contribution in [3.05, 3.63) is 39.9 Å². The highest BCUT2D eigenvalue weighted by atomic mass is 16.6. The first-order valence-electron chi connectivity index (χ1n) is 6.29. The lowest BCUT2D eigenvalue weighted by Crippen LogP contribution is -2.40. The van der Waals surface area contributed by atoms with Crippen LogP contribution in [0.5, 0.6) is 0 Å². The van der Waals surface area contributed by atoms with Gasteiger partial charge in [0.05, 0.1) is 11.0 Å². The Bertz CT molecular complexity index is 422. The molecule has 0 saturated carbocycles. The van der Waals surface area contributed by atoms with Crippen molar-refractivity contribution in [1.82, 2.24) is 5.32 Å². The first-order chi connectivity index (χ1) is 8.68. The fraction of sp³-hybridized carbons (Fsp3) is 0.538. The number of benzene rings is 1. The molecule has 5 nitrogen and oxygen atoms in total. The first-order valence-corrected chi connectivity index (χ1v) is 6.29. The van der Waals surface area contributed by atoms with Crippen LogP contribution in [0.25, 0.3) is 0 Å². The lowest BCUT2D eigenvalue weighted by Gasteiger charge is -2.28. The second-order valence-corrected chi connectivity index (χ2v) is 4.74. The van der Waals surface area contributed by atoms with Crippen LogP contribution >= 0.6 is 0 Å². The van der Waals surface area contributed by atoms with Gasteiger partial charge in [0.15, 0.2) is 0 Å². The van der Waals surface area contributed by atoms with E-state index in [1.807, 2.05) is 6.07 Å². The van der Waals surface area contributed by atoms with E-state index in [-0.39, 0.29) is 22.6 Å². The van der Waals surface area contributed by atoms with Crippen molar-refractivity contribution in [2.75, 3.05) is 13.1 Å². The van der Waals surface area contributed by atoms with Gasteiger partial charge in [-0.25, -0.2) is 0 Å². The van der Waals surface area contributed by atoms with E-state index in [1.54, 1.807) is 12.1 Å². The van der Waals surface area contributed by atoms with E-state index in [1.165, 1.54) is 6.07 Å². The number of rotatable bonds is 4. The van der Waals surface area contributed by atoms with Gasteiger partial charge >= 0.3 is 0 Å². The molecule has 0 radical (unpaired) electrons. The average Bonchev–Trinajstić information content (AvgIpc) is 2.38. The fourth-order valence-corrected chi connectivity index (χ4v) is 2.44. The van der Waals surface area contributed by atoms with Gasteiger partial charge in [-0.15, -0.1) is 0 Å². The summed E-state index contributed by atoms with van der Waals surface area (Å²) in [6.07, 6.45) is 1.90. The third-order valence-corrected chi connectivity index (χ3v) is 3.54. The third kappa shape index (κ3) is 3.05. The third-order valence-electron chi connectivity index (χ3n) is 3.54. The van der Waals surface area contributed by atoms with Crippen molar-refractivity contribution >= 4 is 5.69 Å². The van der Waals surface area contributed by atoms with Crippen LogP contribution in [0.3, 0.4) is 0 Å². The van der Waals surface area contributed by atoms with Crippen molar-refractivity contribution in [2.45, 2.75) is 25.4 Å². The normalized spacial score (nSPS) is 23.8. The molecule has 0 spiro atoms. The predicted octanol–water partition coefficient (Wildman–Crippen LogP) is 1.50. The predicted molar refractivity (Wildman–Crippen MR) is 68.4 cm³/mol. The van der Waals surface area contributed by atoms with Gasteiger partial charge in [-0.05, 0) is 31.7 Å². The topological polar surface area (TPSA) is 75.4 Å². The van der Waals surface area contributed by atoms with Crippen LogP contribution in [0.15, 0.2) is 24.3 Å². The molecule has 98 valence electrons. The summed E-state index contributed by atoms with van der Waals surface area (Å²) in [7, 11) is 0. The summed E-state index contributed by atoms with van der Waals surface area (Å²) in [5, 5.41) is 24.0. The molecule has 5 heteroatoms. The summed E-state index contributed by atoms with van der Waals surface area (Å²) >= 11 is 0. The van der Waals surface area contributed by atoms with Gasteiger partial charge in [-0.3, -0.25) is 10.1 Å². The smallest absolute Gasteiger partial charge is 0.272 e. The molecule has 1 aromatic rings. The van der Waals surface area contributed by atoms with Crippen LogP contribution in [0, 0.1) is 16.0 Å². The highest BCUT2D eigenvalue weighted by molar-refractivity contribution is 5.39. The zero-order chi connectivity index (χ0) is 13.0. The Morgan fingerprint density at radius 2 is 2.22 bits per heavy atom. The van der Waals surface area contributed by atoms with E-state index < -0.39 is 0 Å². The summed E-state index contributed by atoms with van der Waals surface area (Å²) < 4.78 is 0. The molecule has 18 heavy (non-hydrogen) atoms. The Hall–Kier alpha value is -1.46. The molecule has 1 saturated heterocycles. The van der Waals surface area contributed by atoms with E-state index in [9.17, 15) is 15.2 Å². The largest absolute Gasteiger partial charge is 0.393 e. The Morgan fingerprint density at radius 1 is 1.44 bits per heavy atom. The van der Waals surface area contributed by atoms with Gasteiger partial charge in [0, 0.05) is 18.2 Å².